The standard InChI is InChI=1S/C24H20N2O5/c1-14-11-20(27)25(16-8-3-2-4-9-16)23(14)31-13-19-18-12-15-7-5-6-10-17(15)21(18)26(22(19)28)24(29)30/h2-11,13,18,21,23H,12H2,1H3,(H,29,30)/b19-13+. The van der Waals surface area contributed by atoms with Crippen molar-refractivity contribution in [1.29, 1.82) is 0 Å². The normalized spacial score (nSPS) is 25.6. The first kappa shape index (κ1) is 19.1. The number of carbonyl (C=O) groups is 3. The zero-order valence-corrected chi connectivity index (χ0v) is 16.8. The molecule has 7 nitrogen and oxygen atoms in total. The largest absolute Gasteiger partial charge is 0.473 e. The van der Waals surface area contributed by atoms with E-state index in [0.29, 0.717) is 23.3 Å². The molecule has 0 saturated carbocycles. The van der Waals surface area contributed by atoms with Gasteiger partial charge in [0.15, 0.2) is 0 Å². The summed E-state index contributed by atoms with van der Waals surface area (Å²) in [7, 11) is 0. The molecule has 2 aromatic carbocycles. The van der Waals surface area contributed by atoms with Crippen molar-refractivity contribution in [1.82, 2.24) is 4.90 Å². The van der Waals surface area contributed by atoms with E-state index in [0.717, 1.165) is 16.0 Å². The molecule has 1 fully saturated rings. The van der Waals surface area contributed by atoms with Crippen LogP contribution in [0.3, 0.4) is 0 Å². The van der Waals surface area contributed by atoms with Gasteiger partial charge in [0.05, 0.1) is 17.9 Å². The molecule has 156 valence electrons. The van der Waals surface area contributed by atoms with Gasteiger partial charge in [-0.3, -0.25) is 14.5 Å². The highest BCUT2D eigenvalue weighted by molar-refractivity contribution is 6.06. The molecular weight excluding hydrogens is 396 g/mol. The second-order valence-electron chi connectivity index (χ2n) is 7.91. The van der Waals surface area contributed by atoms with Crippen LogP contribution in [-0.2, 0) is 20.7 Å². The topological polar surface area (TPSA) is 87.2 Å². The number of likely N-dealkylation sites (tertiary alicyclic amines) is 1. The highest BCUT2D eigenvalue weighted by atomic mass is 16.5. The number of anilines is 1. The molecule has 31 heavy (non-hydrogen) atoms. The molecule has 3 atom stereocenters. The smallest absolute Gasteiger partial charge is 0.414 e. The van der Waals surface area contributed by atoms with Crippen LogP contribution in [-0.4, -0.2) is 34.1 Å². The van der Waals surface area contributed by atoms with Gasteiger partial charge in [0.2, 0.25) is 6.23 Å². The first-order chi connectivity index (χ1) is 15.0. The summed E-state index contributed by atoms with van der Waals surface area (Å²) in [5.74, 6) is -1.09. The molecule has 2 heterocycles. The summed E-state index contributed by atoms with van der Waals surface area (Å²) in [6.07, 6.45) is 1.44. The van der Waals surface area contributed by atoms with E-state index in [2.05, 4.69) is 0 Å². The summed E-state index contributed by atoms with van der Waals surface area (Å²) >= 11 is 0. The van der Waals surface area contributed by atoms with E-state index >= 15 is 0 Å². The molecule has 0 radical (unpaired) electrons. The van der Waals surface area contributed by atoms with Crippen LogP contribution < -0.4 is 4.90 Å². The summed E-state index contributed by atoms with van der Waals surface area (Å²) in [5, 5.41) is 9.70. The Morgan fingerprint density at radius 2 is 1.81 bits per heavy atom. The number of carbonyl (C=O) groups excluding carboxylic acids is 2. The molecule has 1 aliphatic carbocycles. The molecule has 1 N–H and O–H groups in total. The Balaban J connectivity index is 1.48. The number of hydrogen-bond donors (Lipinski definition) is 1. The van der Waals surface area contributed by atoms with Gasteiger partial charge in [0, 0.05) is 17.7 Å². The number of benzene rings is 2. The molecule has 2 aliphatic heterocycles. The van der Waals surface area contributed by atoms with Gasteiger partial charge in [0.1, 0.15) is 0 Å². The van der Waals surface area contributed by atoms with E-state index in [-0.39, 0.29) is 11.8 Å². The number of para-hydroxylation sites is 1. The molecule has 7 heteroatoms. The van der Waals surface area contributed by atoms with Crippen LogP contribution in [0.1, 0.15) is 24.1 Å². The third-order valence-corrected chi connectivity index (χ3v) is 6.12. The van der Waals surface area contributed by atoms with Crippen LogP contribution in [0.2, 0.25) is 0 Å². The van der Waals surface area contributed by atoms with E-state index in [1.54, 1.807) is 6.92 Å². The Kier molecular flexibility index (Phi) is 4.39. The fourth-order valence-corrected chi connectivity index (χ4v) is 4.75. The van der Waals surface area contributed by atoms with E-state index in [4.69, 9.17) is 4.74 Å². The molecule has 5 rings (SSSR count). The Morgan fingerprint density at radius 1 is 1.10 bits per heavy atom. The maximum absolute atomic E-state index is 13.0. The fourth-order valence-electron chi connectivity index (χ4n) is 4.75. The van der Waals surface area contributed by atoms with Crippen molar-refractivity contribution in [2.45, 2.75) is 25.6 Å². The second-order valence-corrected chi connectivity index (χ2v) is 7.91. The van der Waals surface area contributed by atoms with Crippen LogP contribution >= 0.6 is 0 Å². The monoisotopic (exact) mass is 416 g/mol. The van der Waals surface area contributed by atoms with Gasteiger partial charge in [-0.05, 0) is 42.2 Å². The van der Waals surface area contributed by atoms with Crippen molar-refractivity contribution in [2.75, 3.05) is 4.90 Å². The van der Waals surface area contributed by atoms with Crippen molar-refractivity contribution in [3.8, 4) is 0 Å². The van der Waals surface area contributed by atoms with Gasteiger partial charge in [-0.2, -0.15) is 0 Å². The predicted molar refractivity (Wildman–Crippen MR) is 112 cm³/mol. The first-order valence-electron chi connectivity index (χ1n) is 10.0. The lowest BCUT2D eigenvalue weighted by atomic mass is 9.97. The number of carboxylic acid groups (broad SMARTS) is 1. The Hall–Kier alpha value is -3.87. The Morgan fingerprint density at radius 3 is 2.55 bits per heavy atom. The van der Waals surface area contributed by atoms with E-state index in [1.165, 1.54) is 17.2 Å². The van der Waals surface area contributed by atoms with E-state index in [9.17, 15) is 19.5 Å². The lowest BCUT2D eigenvalue weighted by molar-refractivity contribution is -0.124. The lowest BCUT2D eigenvalue weighted by Crippen LogP contribution is -2.36. The molecule has 1 saturated heterocycles. The van der Waals surface area contributed by atoms with Gasteiger partial charge in [-0.25, -0.2) is 9.69 Å². The van der Waals surface area contributed by atoms with E-state index < -0.39 is 24.3 Å². The number of hydrogen-bond acceptors (Lipinski definition) is 4. The van der Waals surface area contributed by atoms with Crippen molar-refractivity contribution in [3.05, 3.63) is 89.2 Å². The summed E-state index contributed by atoms with van der Waals surface area (Å²) in [6, 6.07) is 16.2. The summed E-state index contributed by atoms with van der Waals surface area (Å²) in [4.78, 5) is 39.8. The zero-order valence-electron chi connectivity index (χ0n) is 16.8. The van der Waals surface area contributed by atoms with Crippen molar-refractivity contribution in [2.24, 2.45) is 5.92 Å². The van der Waals surface area contributed by atoms with Crippen LogP contribution in [0.5, 0.6) is 0 Å². The molecule has 3 aliphatic rings. The van der Waals surface area contributed by atoms with Crippen LogP contribution in [0.15, 0.2) is 78.1 Å². The number of ether oxygens (including phenoxy) is 1. The summed E-state index contributed by atoms with van der Waals surface area (Å²) < 4.78 is 5.98. The SMILES string of the molecule is CC1=CC(=O)N(c2ccccc2)C1O/C=C1/C(=O)N(C(=O)O)C2c3ccccc3CC12. The highest BCUT2D eigenvalue weighted by Gasteiger charge is 2.52. The van der Waals surface area contributed by atoms with Crippen molar-refractivity contribution < 1.29 is 24.2 Å². The third-order valence-electron chi connectivity index (χ3n) is 6.12. The maximum atomic E-state index is 13.0. The van der Waals surface area contributed by atoms with Crippen molar-refractivity contribution in [3.63, 3.8) is 0 Å². The minimum atomic E-state index is -1.28. The maximum Gasteiger partial charge on any atom is 0.414 e. The molecule has 3 unspecified atom stereocenters. The first-order valence-corrected chi connectivity index (χ1v) is 10.0. The second kappa shape index (κ2) is 7.12. The Labute approximate surface area is 178 Å². The average molecular weight is 416 g/mol. The van der Waals surface area contributed by atoms with E-state index in [1.807, 2.05) is 54.6 Å². The lowest BCUT2D eigenvalue weighted by Gasteiger charge is -2.26. The number of fused-ring (bicyclic) bond motifs is 3. The van der Waals surface area contributed by atoms with Gasteiger partial charge < -0.3 is 9.84 Å². The molecule has 0 aromatic heterocycles. The fraction of sp³-hybridized carbons (Fsp3) is 0.208. The Bertz CT molecular complexity index is 1150. The van der Waals surface area contributed by atoms with Gasteiger partial charge in [0.25, 0.3) is 11.8 Å². The molecule has 0 bridgehead atoms. The summed E-state index contributed by atoms with van der Waals surface area (Å²) in [5.41, 5.74) is 3.58. The molecule has 0 spiro atoms. The molecular formula is C24H20N2O5. The predicted octanol–water partition coefficient (Wildman–Crippen LogP) is 3.64. The van der Waals surface area contributed by atoms with Gasteiger partial charge in [-0.15, -0.1) is 0 Å². The highest BCUT2D eigenvalue weighted by Crippen LogP contribution is 2.49. The van der Waals surface area contributed by atoms with Gasteiger partial charge >= 0.3 is 6.09 Å². The molecule has 2 aromatic rings. The quantitative estimate of drug-likeness (QED) is 0.610. The number of imide groups is 1. The van der Waals surface area contributed by atoms with Crippen LogP contribution in [0.4, 0.5) is 10.5 Å². The zero-order chi connectivity index (χ0) is 21.7. The average Bonchev–Trinajstić information content (AvgIpc) is 3.35. The number of amides is 3. The third kappa shape index (κ3) is 2.92. The summed E-state index contributed by atoms with van der Waals surface area (Å²) in [6.45, 7) is 1.79. The number of rotatable bonds is 3. The number of nitrogens with zero attached hydrogens (tertiary/aromatic N) is 2. The van der Waals surface area contributed by atoms with Crippen molar-refractivity contribution >= 4 is 23.6 Å². The minimum absolute atomic E-state index is 0.205. The van der Waals surface area contributed by atoms with Crippen LogP contribution in [0, 0.1) is 5.92 Å². The van der Waals surface area contributed by atoms with Crippen LogP contribution in [0.25, 0.3) is 0 Å². The molecule has 3 amide bonds. The minimum Gasteiger partial charge on any atom is -0.473 e. The van der Waals surface area contributed by atoms with Gasteiger partial charge in [-0.1, -0.05) is 42.5 Å².